The first kappa shape index (κ1) is 17.6. The Kier molecular flexibility index (Phi) is 5.79. The molecule has 0 bridgehead atoms. The van der Waals surface area contributed by atoms with Crippen molar-refractivity contribution < 1.29 is 9.53 Å². The highest BCUT2D eigenvalue weighted by Gasteiger charge is 2.21. The molecule has 5 heteroatoms. The van der Waals surface area contributed by atoms with Gasteiger partial charge < -0.3 is 10.1 Å². The molecule has 132 valence electrons. The maximum atomic E-state index is 12.1. The molecule has 1 saturated heterocycles. The zero-order valence-corrected chi connectivity index (χ0v) is 14.8. The second-order valence-corrected chi connectivity index (χ2v) is 6.56. The van der Waals surface area contributed by atoms with E-state index in [9.17, 15) is 4.79 Å². The van der Waals surface area contributed by atoms with Crippen LogP contribution in [-0.4, -0.2) is 54.2 Å². The van der Waals surface area contributed by atoms with E-state index < -0.39 is 0 Å². The predicted octanol–water partition coefficient (Wildman–Crippen LogP) is 2.47. The molecule has 2 aromatic rings. The third-order valence-electron chi connectivity index (χ3n) is 4.30. The third-order valence-corrected chi connectivity index (χ3v) is 4.30. The SMILES string of the molecule is CC1CN(CCNC(=O)C=Cc2cccc3cccnc23)CC(C)O1. The fourth-order valence-electron chi connectivity index (χ4n) is 3.29. The van der Waals surface area contributed by atoms with Gasteiger partial charge in [-0.05, 0) is 26.0 Å². The highest BCUT2D eigenvalue weighted by Crippen LogP contribution is 2.17. The van der Waals surface area contributed by atoms with Gasteiger partial charge in [0, 0.05) is 49.4 Å². The number of pyridine rings is 1. The van der Waals surface area contributed by atoms with Crippen molar-refractivity contribution in [2.24, 2.45) is 0 Å². The summed E-state index contributed by atoms with van der Waals surface area (Å²) in [7, 11) is 0. The van der Waals surface area contributed by atoms with Crippen LogP contribution in [0.5, 0.6) is 0 Å². The molecular weight excluding hydrogens is 314 g/mol. The van der Waals surface area contributed by atoms with E-state index in [4.69, 9.17) is 4.74 Å². The second-order valence-electron chi connectivity index (χ2n) is 6.56. The molecule has 2 unspecified atom stereocenters. The van der Waals surface area contributed by atoms with E-state index in [2.05, 4.69) is 29.0 Å². The Hall–Kier alpha value is -2.24. The molecule has 1 amide bonds. The van der Waals surface area contributed by atoms with Crippen LogP contribution in [0.2, 0.25) is 0 Å². The van der Waals surface area contributed by atoms with Crippen LogP contribution in [0.25, 0.3) is 17.0 Å². The fourth-order valence-corrected chi connectivity index (χ4v) is 3.29. The zero-order chi connectivity index (χ0) is 17.6. The maximum absolute atomic E-state index is 12.1. The Labute approximate surface area is 148 Å². The topological polar surface area (TPSA) is 54.5 Å². The minimum absolute atomic E-state index is 0.0812. The van der Waals surface area contributed by atoms with Gasteiger partial charge in [-0.15, -0.1) is 0 Å². The molecule has 1 aromatic heterocycles. The van der Waals surface area contributed by atoms with Crippen LogP contribution in [0.15, 0.2) is 42.6 Å². The molecule has 2 atom stereocenters. The van der Waals surface area contributed by atoms with Gasteiger partial charge >= 0.3 is 0 Å². The van der Waals surface area contributed by atoms with Crippen molar-refractivity contribution in [1.29, 1.82) is 0 Å². The van der Waals surface area contributed by atoms with E-state index in [1.54, 1.807) is 12.3 Å². The van der Waals surface area contributed by atoms with E-state index in [0.717, 1.165) is 36.1 Å². The fraction of sp³-hybridized carbons (Fsp3) is 0.400. The lowest BCUT2D eigenvalue weighted by Crippen LogP contribution is -2.47. The van der Waals surface area contributed by atoms with Gasteiger partial charge in [0.15, 0.2) is 0 Å². The Bertz CT molecular complexity index is 744. The molecule has 1 N–H and O–H groups in total. The summed E-state index contributed by atoms with van der Waals surface area (Å²) in [6, 6.07) is 9.89. The molecule has 2 heterocycles. The standard InChI is InChI=1S/C20H25N3O2/c1-15-13-23(14-16(2)25-15)12-11-21-19(24)9-8-18-6-3-5-17-7-4-10-22-20(17)18/h3-10,15-16H,11-14H2,1-2H3,(H,21,24). The number of rotatable bonds is 5. The number of carbonyl (C=O) groups is 1. The molecule has 0 spiro atoms. The van der Waals surface area contributed by atoms with Gasteiger partial charge in [0.2, 0.25) is 5.91 Å². The molecule has 0 aliphatic carbocycles. The number of para-hydroxylation sites is 1. The molecule has 5 nitrogen and oxygen atoms in total. The first-order valence-corrected chi connectivity index (χ1v) is 8.79. The van der Waals surface area contributed by atoms with Crippen LogP contribution >= 0.6 is 0 Å². The third kappa shape index (κ3) is 4.87. The Morgan fingerprint density at radius 2 is 2.04 bits per heavy atom. The molecule has 1 aromatic carbocycles. The highest BCUT2D eigenvalue weighted by atomic mass is 16.5. The summed E-state index contributed by atoms with van der Waals surface area (Å²) < 4.78 is 5.72. The molecule has 0 saturated carbocycles. The van der Waals surface area contributed by atoms with Crippen LogP contribution in [0.1, 0.15) is 19.4 Å². The van der Waals surface area contributed by atoms with E-state index in [-0.39, 0.29) is 18.1 Å². The largest absolute Gasteiger partial charge is 0.373 e. The number of hydrogen-bond donors (Lipinski definition) is 1. The van der Waals surface area contributed by atoms with Gasteiger partial charge in [0.25, 0.3) is 0 Å². The summed E-state index contributed by atoms with van der Waals surface area (Å²) in [6.07, 6.45) is 5.66. The van der Waals surface area contributed by atoms with E-state index in [1.807, 2.05) is 36.4 Å². The van der Waals surface area contributed by atoms with E-state index >= 15 is 0 Å². The Morgan fingerprint density at radius 1 is 1.28 bits per heavy atom. The lowest BCUT2D eigenvalue weighted by Gasteiger charge is -2.35. The first-order chi connectivity index (χ1) is 12.1. The zero-order valence-electron chi connectivity index (χ0n) is 14.8. The number of aromatic nitrogens is 1. The first-order valence-electron chi connectivity index (χ1n) is 8.79. The Morgan fingerprint density at radius 3 is 2.84 bits per heavy atom. The van der Waals surface area contributed by atoms with Gasteiger partial charge in [-0.2, -0.15) is 0 Å². The number of fused-ring (bicyclic) bond motifs is 1. The van der Waals surface area contributed by atoms with Crippen molar-refractivity contribution in [3.63, 3.8) is 0 Å². The van der Waals surface area contributed by atoms with Crippen LogP contribution in [0, 0.1) is 0 Å². The molecule has 3 rings (SSSR count). The van der Waals surface area contributed by atoms with E-state index in [0.29, 0.717) is 6.54 Å². The minimum atomic E-state index is -0.0812. The van der Waals surface area contributed by atoms with Crippen LogP contribution < -0.4 is 5.32 Å². The normalized spacial score (nSPS) is 21.7. The van der Waals surface area contributed by atoms with Crippen molar-refractivity contribution in [2.45, 2.75) is 26.1 Å². The van der Waals surface area contributed by atoms with Crippen LogP contribution in [0.4, 0.5) is 0 Å². The van der Waals surface area contributed by atoms with Crippen molar-refractivity contribution >= 4 is 22.9 Å². The smallest absolute Gasteiger partial charge is 0.244 e. The van der Waals surface area contributed by atoms with Crippen LogP contribution in [-0.2, 0) is 9.53 Å². The number of amides is 1. The number of carbonyl (C=O) groups excluding carboxylic acids is 1. The van der Waals surface area contributed by atoms with Crippen molar-refractivity contribution in [2.75, 3.05) is 26.2 Å². The quantitative estimate of drug-likeness (QED) is 0.851. The van der Waals surface area contributed by atoms with Gasteiger partial charge in [-0.1, -0.05) is 24.3 Å². The van der Waals surface area contributed by atoms with Crippen molar-refractivity contribution in [3.8, 4) is 0 Å². The lowest BCUT2D eigenvalue weighted by molar-refractivity contribution is -0.116. The number of hydrogen-bond acceptors (Lipinski definition) is 4. The molecule has 1 fully saturated rings. The molecule has 25 heavy (non-hydrogen) atoms. The Balaban J connectivity index is 1.51. The van der Waals surface area contributed by atoms with Gasteiger partial charge in [0.05, 0.1) is 17.7 Å². The maximum Gasteiger partial charge on any atom is 0.244 e. The number of nitrogens with zero attached hydrogens (tertiary/aromatic N) is 2. The summed E-state index contributed by atoms with van der Waals surface area (Å²) in [5, 5.41) is 4.02. The summed E-state index contributed by atoms with van der Waals surface area (Å²) in [5.74, 6) is -0.0812. The van der Waals surface area contributed by atoms with Crippen LogP contribution in [0.3, 0.4) is 0 Å². The van der Waals surface area contributed by atoms with E-state index in [1.165, 1.54) is 0 Å². The summed E-state index contributed by atoms with van der Waals surface area (Å²) >= 11 is 0. The van der Waals surface area contributed by atoms with Gasteiger partial charge in [-0.25, -0.2) is 0 Å². The summed E-state index contributed by atoms with van der Waals surface area (Å²) in [4.78, 5) is 18.8. The molecule has 0 radical (unpaired) electrons. The second kappa shape index (κ2) is 8.23. The average molecular weight is 339 g/mol. The predicted molar refractivity (Wildman–Crippen MR) is 100 cm³/mol. The number of benzene rings is 1. The molecule has 1 aliphatic rings. The number of ether oxygens (including phenoxy) is 1. The molecule has 1 aliphatic heterocycles. The highest BCUT2D eigenvalue weighted by molar-refractivity contribution is 5.95. The summed E-state index contributed by atoms with van der Waals surface area (Å²) in [6.45, 7) is 7.48. The lowest BCUT2D eigenvalue weighted by atomic mass is 10.1. The van der Waals surface area contributed by atoms with Crippen molar-refractivity contribution in [1.82, 2.24) is 15.2 Å². The van der Waals surface area contributed by atoms with Gasteiger partial charge in [-0.3, -0.25) is 14.7 Å². The monoisotopic (exact) mass is 339 g/mol. The van der Waals surface area contributed by atoms with Crippen molar-refractivity contribution in [3.05, 3.63) is 48.2 Å². The average Bonchev–Trinajstić information content (AvgIpc) is 2.59. The van der Waals surface area contributed by atoms with Gasteiger partial charge in [0.1, 0.15) is 0 Å². The minimum Gasteiger partial charge on any atom is -0.373 e. The number of morpholine rings is 1. The molecular formula is C20H25N3O2. The number of nitrogens with one attached hydrogen (secondary N) is 1. The summed E-state index contributed by atoms with van der Waals surface area (Å²) in [5.41, 5.74) is 1.86.